The number of hydrogen-bond acceptors (Lipinski definition) is 4. The van der Waals surface area contributed by atoms with Gasteiger partial charge in [-0.15, -0.1) is 0 Å². The molecule has 3 N–H and O–H groups in total. The summed E-state index contributed by atoms with van der Waals surface area (Å²) in [6.45, 7) is 0.630. The molecule has 0 aromatic heterocycles. The van der Waals surface area contributed by atoms with E-state index in [2.05, 4.69) is 5.32 Å². The molecule has 7 heteroatoms. The summed E-state index contributed by atoms with van der Waals surface area (Å²) in [5, 5.41) is 7.22. The Hall–Kier alpha value is -0.660. The monoisotopic (exact) mass is 222 g/mol. The largest absolute Gasteiger partial charge is 0.368 e. The van der Waals surface area contributed by atoms with Gasteiger partial charge in [0.05, 0.1) is 5.75 Å². The van der Waals surface area contributed by atoms with Crippen molar-refractivity contribution < 1.29 is 17.9 Å². The van der Waals surface area contributed by atoms with E-state index in [-0.39, 0.29) is 18.2 Å². The number of nitrogens with one attached hydrogen (secondary N) is 1. The first-order valence-corrected chi connectivity index (χ1v) is 6.10. The summed E-state index contributed by atoms with van der Waals surface area (Å²) < 4.78 is 26.2. The zero-order valence-corrected chi connectivity index (χ0v) is 8.55. The number of sulfonamides is 1. The minimum Gasteiger partial charge on any atom is -0.368 e. The molecule has 0 radical (unpaired) electrons. The summed E-state index contributed by atoms with van der Waals surface area (Å²) in [5.74, 6) is -0.503. The van der Waals surface area contributed by atoms with Crippen LogP contribution >= 0.6 is 0 Å². The Bertz CT molecular complexity index is 295. The molecule has 6 nitrogen and oxygen atoms in total. The highest BCUT2D eigenvalue weighted by Crippen LogP contribution is 2.11. The van der Waals surface area contributed by atoms with E-state index in [0.717, 1.165) is 6.42 Å². The van der Waals surface area contributed by atoms with Gasteiger partial charge < -0.3 is 10.1 Å². The lowest BCUT2D eigenvalue weighted by Crippen LogP contribution is -2.37. The van der Waals surface area contributed by atoms with Gasteiger partial charge in [0.15, 0.2) is 0 Å². The molecule has 1 heterocycles. The molecule has 1 aliphatic heterocycles. The van der Waals surface area contributed by atoms with Crippen LogP contribution in [0.1, 0.15) is 12.8 Å². The first kappa shape index (κ1) is 11.4. The SMILES string of the molecule is NS(=O)(=O)CCNC(=O)C1CCCO1. The highest BCUT2D eigenvalue weighted by Gasteiger charge is 2.23. The Morgan fingerprint density at radius 1 is 1.57 bits per heavy atom. The van der Waals surface area contributed by atoms with Gasteiger partial charge in [-0.05, 0) is 12.8 Å². The van der Waals surface area contributed by atoms with Gasteiger partial charge in [0.2, 0.25) is 15.9 Å². The van der Waals surface area contributed by atoms with Crippen molar-refractivity contribution in [1.29, 1.82) is 0 Å². The van der Waals surface area contributed by atoms with Crippen LogP contribution in [0.5, 0.6) is 0 Å². The molecule has 0 aliphatic carbocycles. The first-order valence-electron chi connectivity index (χ1n) is 4.39. The maximum absolute atomic E-state index is 11.3. The van der Waals surface area contributed by atoms with Gasteiger partial charge in [0.25, 0.3) is 0 Å². The molecule has 1 fully saturated rings. The molecule has 1 saturated heterocycles. The molecule has 0 aromatic rings. The maximum Gasteiger partial charge on any atom is 0.249 e. The van der Waals surface area contributed by atoms with E-state index >= 15 is 0 Å². The summed E-state index contributed by atoms with van der Waals surface area (Å²) in [7, 11) is -3.50. The van der Waals surface area contributed by atoms with E-state index in [9.17, 15) is 13.2 Å². The Balaban J connectivity index is 2.21. The van der Waals surface area contributed by atoms with Crippen LogP contribution in [0.4, 0.5) is 0 Å². The van der Waals surface area contributed by atoms with Gasteiger partial charge in [-0.1, -0.05) is 0 Å². The fourth-order valence-electron chi connectivity index (χ4n) is 1.21. The Labute approximate surface area is 82.8 Å². The van der Waals surface area contributed by atoms with Crippen molar-refractivity contribution in [3.8, 4) is 0 Å². The molecule has 82 valence electrons. The van der Waals surface area contributed by atoms with E-state index in [1.165, 1.54) is 0 Å². The molecule has 1 atom stereocenters. The van der Waals surface area contributed by atoms with E-state index < -0.39 is 16.1 Å². The van der Waals surface area contributed by atoms with Crippen LogP contribution in [0, 0.1) is 0 Å². The number of carbonyl (C=O) groups excluding carboxylic acids is 1. The van der Waals surface area contributed by atoms with E-state index in [1.807, 2.05) is 0 Å². The molecular weight excluding hydrogens is 208 g/mol. The van der Waals surface area contributed by atoms with Gasteiger partial charge in [0.1, 0.15) is 6.10 Å². The Morgan fingerprint density at radius 2 is 2.29 bits per heavy atom. The second kappa shape index (κ2) is 4.72. The summed E-state index contributed by atoms with van der Waals surface area (Å²) >= 11 is 0. The lowest BCUT2D eigenvalue weighted by atomic mass is 10.2. The number of ether oxygens (including phenoxy) is 1. The molecule has 1 rings (SSSR count). The number of rotatable bonds is 4. The Morgan fingerprint density at radius 3 is 2.79 bits per heavy atom. The average Bonchev–Trinajstić information content (AvgIpc) is 2.53. The lowest BCUT2D eigenvalue weighted by Gasteiger charge is -2.09. The summed E-state index contributed by atoms with van der Waals surface area (Å²) in [6, 6.07) is 0. The van der Waals surface area contributed by atoms with Gasteiger partial charge in [-0.25, -0.2) is 13.6 Å². The highest BCUT2D eigenvalue weighted by molar-refractivity contribution is 7.89. The molecule has 1 aliphatic rings. The zero-order valence-electron chi connectivity index (χ0n) is 7.73. The zero-order chi connectivity index (χ0) is 10.6. The average molecular weight is 222 g/mol. The molecule has 14 heavy (non-hydrogen) atoms. The van der Waals surface area contributed by atoms with Crippen LogP contribution in [0.15, 0.2) is 0 Å². The summed E-state index contributed by atoms with van der Waals surface area (Å²) in [6.07, 6.45) is 1.14. The molecule has 0 bridgehead atoms. The van der Waals surface area contributed by atoms with E-state index in [1.54, 1.807) is 0 Å². The third-order valence-corrected chi connectivity index (χ3v) is 2.68. The fraction of sp³-hybridized carbons (Fsp3) is 0.857. The molecule has 1 amide bonds. The summed E-state index contributed by atoms with van der Waals surface area (Å²) in [5.41, 5.74) is 0. The van der Waals surface area contributed by atoms with Crippen molar-refractivity contribution in [3.05, 3.63) is 0 Å². The number of primary sulfonamides is 1. The van der Waals surface area contributed by atoms with E-state index in [4.69, 9.17) is 9.88 Å². The fourth-order valence-corrected chi connectivity index (χ4v) is 1.60. The van der Waals surface area contributed by atoms with Crippen molar-refractivity contribution >= 4 is 15.9 Å². The number of amides is 1. The van der Waals surface area contributed by atoms with Gasteiger partial charge >= 0.3 is 0 Å². The predicted octanol–water partition coefficient (Wildman–Crippen LogP) is -1.43. The maximum atomic E-state index is 11.3. The number of hydrogen-bond donors (Lipinski definition) is 2. The van der Waals surface area contributed by atoms with Gasteiger partial charge in [-0.3, -0.25) is 4.79 Å². The third kappa shape index (κ3) is 4.03. The van der Waals surface area contributed by atoms with Crippen molar-refractivity contribution in [1.82, 2.24) is 5.32 Å². The smallest absolute Gasteiger partial charge is 0.249 e. The van der Waals surface area contributed by atoms with Crippen molar-refractivity contribution in [2.75, 3.05) is 18.9 Å². The van der Waals surface area contributed by atoms with Crippen molar-refractivity contribution in [2.24, 2.45) is 5.14 Å². The highest BCUT2D eigenvalue weighted by atomic mass is 32.2. The van der Waals surface area contributed by atoms with Gasteiger partial charge in [0, 0.05) is 13.2 Å². The number of nitrogens with two attached hydrogens (primary N) is 1. The van der Waals surface area contributed by atoms with Crippen LogP contribution in [0.2, 0.25) is 0 Å². The molecule has 0 spiro atoms. The normalized spacial score (nSPS) is 22.2. The lowest BCUT2D eigenvalue weighted by molar-refractivity contribution is -0.129. The summed E-state index contributed by atoms with van der Waals surface area (Å²) in [4.78, 5) is 11.3. The van der Waals surface area contributed by atoms with Crippen LogP contribution < -0.4 is 10.5 Å². The third-order valence-electron chi connectivity index (χ3n) is 1.91. The topological polar surface area (TPSA) is 98.5 Å². The van der Waals surface area contributed by atoms with Crippen LogP contribution in [0.3, 0.4) is 0 Å². The molecular formula is C7H14N2O4S. The van der Waals surface area contributed by atoms with Crippen LogP contribution in [-0.4, -0.2) is 39.3 Å². The quantitative estimate of drug-likeness (QED) is 0.609. The molecule has 0 saturated carbocycles. The second-order valence-corrected chi connectivity index (χ2v) is 4.89. The minimum absolute atomic E-state index is 0.0392. The van der Waals surface area contributed by atoms with Crippen LogP contribution in [0.25, 0.3) is 0 Å². The molecule has 1 unspecified atom stereocenters. The Kier molecular flexibility index (Phi) is 3.85. The standard InChI is InChI=1S/C7H14N2O4S/c8-14(11,12)5-3-9-7(10)6-2-1-4-13-6/h6H,1-5H2,(H,9,10)(H2,8,11,12). The van der Waals surface area contributed by atoms with Crippen molar-refractivity contribution in [2.45, 2.75) is 18.9 Å². The van der Waals surface area contributed by atoms with Crippen molar-refractivity contribution in [3.63, 3.8) is 0 Å². The number of carbonyl (C=O) groups is 1. The molecule has 0 aromatic carbocycles. The minimum atomic E-state index is -3.50. The predicted molar refractivity (Wildman–Crippen MR) is 50.0 cm³/mol. The first-order chi connectivity index (χ1) is 6.49. The second-order valence-electron chi connectivity index (χ2n) is 3.16. The van der Waals surface area contributed by atoms with Crippen LogP contribution in [-0.2, 0) is 19.6 Å². The van der Waals surface area contributed by atoms with E-state index in [0.29, 0.717) is 13.0 Å². The van der Waals surface area contributed by atoms with Gasteiger partial charge in [-0.2, -0.15) is 0 Å².